The predicted molar refractivity (Wildman–Crippen MR) is 121 cm³/mol. The first kappa shape index (κ1) is 20.9. The second-order valence-corrected chi connectivity index (χ2v) is 8.32. The first-order chi connectivity index (χ1) is 13.9. The molecule has 1 N–H and O–H groups in total. The number of nitrogens with zero attached hydrogens (tertiary/aromatic N) is 2. The van der Waals surface area contributed by atoms with E-state index < -0.39 is 5.25 Å². The SMILES string of the molecule is C=CCN1C(=O)[C@H](CC(=O)Nc2ccc(C)cc2C)SC1=Nc1cccc(C)c1. The van der Waals surface area contributed by atoms with E-state index in [1.54, 1.807) is 11.0 Å². The Morgan fingerprint density at radius 1 is 1.21 bits per heavy atom. The summed E-state index contributed by atoms with van der Waals surface area (Å²) in [4.78, 5) is 31.7. The average molecular weight is 408 g/mol. The summed E-state index contributed by atoms with van der Waals surface area (Å²) in [6, 6.07) is 13.7. The maximum absolute atomic E-state index is 12.9. The van der Waals surface area contributed by atoms with Crippen molar-refractivity contribution in [3.8, 4) is 0 Å². The highest BCUT2D eigenvalue weighted by molar-refractivity contribution is 8.15. The molecular weight excluding hydrogens is 382 g/mol. The number of thioether (sulfide) groups is 1. The van der Waals surface area contributed by atoms with Gasteiger partial charge >= 0.3 is 0 Å². The Hall–Kier alpha value is -2.86. The van der Waals surface area contributed by atoms with Gasteiger partial charge in [0.05, 0.1) is 5.69 Å². The molecule has 1 aliphatic heterocycles. The molecule has 150 valence electrons. The number of hydrogen-bond donors (Lipinski definition) is 1. The van der Waals surface area contributed by atoms with Crippen molar-refractivity contribution in [1.82, 2.24) is 4.90 Å². The van der Waals surface area contributed by atoms with Crippen molar-refractivity contribution in [2.45, 2.75) is 32.4 Å². The Morgan fingerprint density at radius 3 is 2.66 bits per heavy atom. The molecule has 0 spiro atoms. The summed E-state index contributed by atoms with van der Waals surface area (Å²) in [7, 11) is 0. The number of carbonyl (C=O) groups is 2. The van der Waals surface area contributed by atoms with E-state index in [2.05, 4.69) is 16.9 Å². The van der Waals surface area contributed by atoms with Crippen molar-refractivity contribution < 1.29 is 9.59 Å². The summed E-state index contributed by atoms with van der Waals surface area (Å²) in [5, 5.41) is 3.03. The molecule has 1 fully saturated rings. The van der Waals surface area contributed by atoms with Crippen molar-refractivity contribution in [2.24, 2.45) is 4.99 Å². The lowest BCUT2D eigenvalue weighted by atomic mass is 10.1. The van der Waals surface area contributed by atoms with Gasteiger partial charge in [0, 0.05) is 18.7 Å². The highest BCUT2D eigenvalue weighted by Gasteiger charge is 2.38. The van der Waals surface area contributed by atoms with Crippen molar-refractivity contribution in [2.75, 3.05) is 11.9 Å². The molecule has 1 heterocycles. The molecule has 1 saturated heterocycles. The van der Waals surface area contributed by atoms with Gasteiger partial charge < -0.3 is 5.32 Å². The highest BCUT2D eigenvalue weighted by Crippen LogP contribution is 2.32. The van der Waals surface area contributed by atoms with Crippen LogP contribution >= 0.6 is 11.8 Å². The van der Waals surface area contributed by atoms with Crippen molar-refractivity contribution in [3.63, 3.8) is 0 Å². The molecule has 0 aliphatic carbocycles. The van der Waals surface area contributed by atoms with Gasteiger partial charge in [0.1, 0.15) is 5.25 Å². The van der Waals surface area contributed by atoms with Crippen LogP contribution in [0.5, 0.6) is 0 Å². The van der Waals surface area contributed by atoms with E-state index in [4.69, 9.17) is 0 Å². The molecule has 1 aliphatic rings. The monoisotopic (exact) mass is 407 g/mol. The van der Waals surface area contributed by atoms with Gasteiger partial charge in [0.2, 0.25) is 11.8 Å². The summed E-state index contributed by atoms with van der Waals surface area (Å²) in [6.07, 6.45) is 1.76. The summed E-state index contributed by atoms with van der Waals surface area (Å²) >= 11 is 1.33. The van der Waals surface area contributed by atoms with E-state index in [-0.39, 0.29) is 18.2 Å². The zero-order valence-electron chi connectivity index (χ0n) is 16.9. The zero-order chi connectivity index (χ0) is 21.0. The van der Waals surface area contributed by atoms with Crippen LogP contribution in [-0.4, -0.2) is 33.7 Å². The van der Waals surface area contributed by atoms with Gasteiger partial charge in [-0.05, 0) is 50.1 Å². The Bertz CT molecular complexity index is 984. The van der Waals surface area contributed by atoms with Crippen molar-refractivity contribution in [3.05, 3.63) is 71.8 Å². The van der Waals surface area contributed by atoms with E-state index in [0.29, 0.717) is 11.7 Å². The number of aryl methyl sites for hydroxylation is 3. The summed E-state index contributed by atoms with van der Waals surface area (Å²) in [5.41, 5.74) is 4.79. The number of hydrogen-bond acceptors (Lipinski definition) is 4. The van der Waals surface area contributed by atoms with Gasteiger partial charge in [-0.2, -0.15) is 0 Å². The Kier molecular flexibility index (Phi) is 6.54. The standard InChI is InChI=1S/C23H25N3O2S/c1-5-11-26-22(28)20(29-23(26)24-18-8-6-7-15(2)13-18)14-21(27)25-19-10-9-16(3)12-17(19)4/h5-10,12-13,20H,1,11,14H2,2-4H3,(H,25,27)/t20-/m0/s1. The average Bonchev–Trinajstić information content (AvgIpc) is 2.93. The van der Waals surface area contributed by atoms with Crippen LogP contribution in [0.25, 0.3) is 0 Å². The van der Waals surface area contributed by atoms with Crippen LogP contribution in [0.2, 0.25) is 0 Å². The van der Waals surface area contributed by atoms with E-state index >= 15 is 0 Å². The molecule has 0 bridgehead atoms. The molecule has 2 aromatic rings. The smallest absolute Gasteiger partial charge is 0.242 e. The lowest BCUT2D eigenvalue weighted by molar-refractivity contribution is -0.127. The van der Waals surface area contributed by atoms with Gasteiger partial charge in [0.25, 0.3) is 0 Å². The molecule has 0 saturated carbocycles. The van der Waals surface area contributed by atoms with E-state index in [0.717, 1.165) is 28.1 Å². The Labute approximate surface area is 175 Å². The number of amidine groups is 1. The number of aliphatic imine (C=N–C) groups is 1. The molecular formula is C23H25N3O2S. The quantitative estimate of drug-likeness (QED) is 0.703. The molecule has 5 nitrogen and oxygen atoms in total. The predicted octanol–water partition coefficient (Wildman–Crippen LogP) is 4.76. The van der Waals surface area contributed by atoms with Crippen molar-refractivity contribution in [1.29, 1.82) is 0 Å². The van der Waals surface area contributed by atoms with Crippen LogP contribution in [0.3, 0.4) is 0 Å². The third kappa shape index (κ3) is 5.15. The fourth-order valence-electron chi connectivity index (χ4n) is 3.15. The topological polar surface area (TPSA) is 61.8 Å². The number of rotatable bonds is 6. The van der Waals surface area contributed by atoms with Gasteiger partial charge in [-0.15, -0.1) is 6.58 Å². The molecule has 0 aromatic heterocycles. The largest absolute Gasteiger partial charge is 0.326 e. The molecule has 0 unspecified atom stereocenters. The minimum atomic E-state index is -0.496. The van der Waals surface area contributed by atoms with Crippen LogP contribution in [0.15, 0.2) is 60.1 Å². The maximum atomic E-state index is 12.9. The molecule has 2 amide bonds. The number of carbonyl (C=O) groups excluding carboxylic acids is 2. The minimum Gasteiger partial charge on any atom is -0.326 e. The minimum absolute atomic E-state index is 0.0945. The molecule has 2 aromatic carbocycles. The summed E-state index contributed by atoms with van der Waals surface area (Å²) in [5.74, 6) is -0.296. The fraction of sp³-hybridized carbons (Fsp3) is 0.261. The number of anilines is 1. The number of nitrogens with one attached hydrogen (secondary N) is 1. The maximum Gasteiger partial charge on any atom is 0.242 e. The molecule has 3 rings (SSSR count). The van der Waals surface area contributed by atoms with Crippen LogP contribution in [-0.2, 0) is 9.59 Å². The normalized spacial score (nSPS) is 17.6. The Morgan fingerprint density at radius 2 is 1.97 bits per heavy atom. The van der Waals surface area contributed by atoms with Gasteiger partial charge in [-0.25, -0.2) is 4.99 Å². The highest BCUT2D eigenvalue weighted by atomic mass is 32.2. The van der Waals surface area contributed by atoms with Crippen LogP contribution in [0, 0.1) is 20.8 Å². The second kappa shape index (κ2) is 9.09. The summed E-state index contributed by atoms with van der Waals surface area (Å²) in [6.45, 7) is 10.1. The number of benzene rings is 2. The zero-order valence-corrected chi connectivity index (χ0v) is 17.8. The van der Waals surface area contributed by atoms with Crippen LogP contribution in [0.1, 0.15) is 23.1 Å². The van der Waals surface area contributed by atoms with Crippen molar-refractivity contribution >= 4 is 40.1 Å². The van der Waals surface area contributed by atoms with Gasteiger partial charge in [-0.3, -0.25) is 14.5 Å². The molecule has 29 heavy (non-hydrogen) atoms. The molecule has 1 atom stereocenters. The van der Waals surface area contributed by atoms with E-state index in [1.807, 2.05) is 63.2 Å². The van der Waals surface area contributed by atoms with Crippen LogP contribution in [0.4, 0.5) is 11.4 Å². The molecule has 6 heteroatoms. The fourth-order valence-corrected chi connectivity index (χ4v) is 4.32. The Balaban J connectivity index is 1.75. The first-order valence-corrected chi connectivity index (χ1v) is 10.4. The van der Waals surface area contributed by atoms with Gasteiger partial charge in [0.15, 0.2) is 5.17 Å². The van der Waals surface area contributed by atoms with Crippen LogP contribution < -0.4 is 5.32 Å². The number of amides is 2. The van der Waals surface area contributed by atoms with E-state index in [1.165, 1.54) is 11.8 Å². The van der Waals surface area contributed by atoms with E-state index in [9.17, 15) is 9.59 Å². The lowest BCUT2D eigenvalue weighted by Gasteiger charge is -2.14. The lowest BCUT2D eigenvalue weighted by Crippen LogP contribution is -2.33. The third-order valence-corrected chi connectivity index (χ3v) is 5.76. The second-order valence-electron chi connectivity index (χ2n) is 7.15. The summed E-state index contributed by atoms with van der Waals surface area (Å²) < 4.78 is 0. The van der Waals surface area contributed by atoms with Gasteiger partial charge in [-0.1, -0.05) is 47.7 Å². The molecule has 0 radical (unpaired) electrons. The first-order valence-electron chi connectivity index (χ1n) is 9.49. The third-order valence-electron chi connectivity index (χ3n) is 4.58.